The van der Waals surface area contributed by atoms with Crippen molar-refractivity contribution in [3.8, 4) is 0 Å². The Bertz CT molecular complexity index is 301. The number of hydrogen-bond donors (Lipinski definition) is 1. The zero-order chi connectivity index (χ0) is 14.3. The molecule has 1 heterocycles. The summed E-state index contributed by atoms with van der Waals surface area (Å²) < 4.78 is 5.04. The molecule has 1 rings (SSSR count). The Kier molecular flexibility index (Phi) is 6.84. The van der Waals surface area contributed by atoms with Crippen LogP contribution in [0, 0.1) is 0 Å². The Morgan fingerprint density at radius 2 is 1.89 bits per heavy atom. The van der Waals surface area contributed by atoms with Gasteiger partial charge in [0.2, 0.25) is 5.91 Å². The van der Waals surface area contributed by atoms with Gasteiger partial charge in [-0.25, -0.2) is 0 Å². The minimum absolute atomic E-state index is 0.0860. The van der Waals surface area contributed by atoms with E-state index in [2.05, 4.69) is 5.32 Å². The molecule has 1 aliphatic rings. The maximum Gasteiger partial charge on any atom is 0.323 e. The Labute approximate surface area is 115 Å². The Balaban J connectivity index is 2.51. The summed E-state index contributed by atoms with van der Waals surface area (Å²) in [6, 6.07) is -0.717. The number of hydrogen-bond acceptors (Lipinski definition) is 4. The third-order valence-electron chi connectivity index (χ3n) is 3.39. The first-order valence-corrected chi connectivity index (χ1v) is 7.31. The highest BCUT2D eigenvalue weighted by Crippen LogP contribution is 2.10. The second-order valence-corrected chi connectivity index (χ2v) is 5.01. The molecule has 1 aliphatic heterocycles. The third-order valence-corrected chi connectivity index (χ3v) is 3.39. The van der Waals surface area contributed by atoms with Crippen LogP contribution in [0.5, 0.6) is 0 Å². The predicted octanol–water partition coefficient (Wildman–Crippen LogP) is 1.32. The van der Waals surface area contributed by atoms with Gasteiger partial charge in [-0.1, -0.05) is 13.3 Å². The van der Waals surface area contributed by atoms with E-state index in [0.717, 1.165) is 32.4 Å². The normalized spacial score (nSPS) is 18.2. The van der Waals surface area contributed by atoms with Crippen LogP contribution in [0.3, 0.4) is 0 Å². The molecule has 0 radical (unpaired) electrons. The zero-order valence-electron chi connectivity index (χ0n) is 12.3. The molecule has 5 heteroatoms. The summed E-state index contributed by atoms with van der Waals surface area (Å²) in [6.45, 7) is 7.67. The van der Waals surface area contributed by atoms with Crippen molar-refractivity contribution in [2.24, 2.45) is 0 Å². The second-order valence-electron chi connectivity index (χ2n) is 5.01. The monoisotopic (exact) mass is 270 g/mol. The molecule has 110 valence electrons. The molecule has 19 heavy (non-hydrogen) atoms. The van der Waals surface area contributed by atoms with Crippen molar-refractivity contribution in [3.05, 3.63) is 0 Å². The maximum atomic E-state index is 12.2. The molecule has 0 aromatic rings. The molecule has 1 amide bonds. The Morgan fingerprint density at radius 3 is 2.42 bits per heavy atom. The topological polar surface area (TPSA) is 58.6 Å². The van der Waals surface area contributed by atoms with Gasteiger partial charge in [-0.05, 0) is 33.1 Å². The fraction of sp³-hybridized carbons (Fsp3) is 0.857. The standard InChI is InChI=1S/C14H26N2O3/c1-4-8-12(14(18)19-5-2)15-11(3)13(17)16-9-6-7-10-16/h11-12,15H,4-10H2,1-3H3. The van der Waals surface area contributed by atoms with Crippen molar-refractivity contribution in [2.45, 2.75) is 58.5 Å². The smallest absolute Gasteiger partial charge is 0.323 e. The number of carbonyl (C=O) groups is 2. The third kappa shape index (κ3) is 4.82. The molecule has 0 bridgehead atoms. The van der Waals surface area contributed by atoms with Gasteiger partial charge < -0.3 is 9.64 Å². The Morgan fingerprint density at radius 1 is 1.26 bits per heavy atom. The lowest BCUT2D eigenvalue weighted by molar-refractivity contribution is -0.146. The fourth-order valence-electron chi connectivity index (χ4n) is 2.39. The number of nitrogens with zero attached hydrogens (tertiary/aromatic N) is 1. The van der Waals surface area contributed by atoms with Crippen LogP contribution in [0.4, 0.5) is 0 Å². The minimum Gasteiger partial charge on any atom is -0.465 e. The Hall–Kier alpha value is -1.10. The van der Waals surface area contributed by atoms with Gasteiger partial charge in [0.05, 0.1) is 12.6 Å². The number of rotatable bonds is 7. The van der Waals surface area contributed by atoms with Crippen LogP contribution in [0.1, 0.15) is 46.5 Å². The van der Waals surface area contributed by atoms with E-state index in [4.69, 9.17) is 4.74 Å². The van der Waals surface area contributed by atoms with E-state index >= 15 is 0 Å². The van der Waals surface area contributed by atoms with Gasteiger partial charge >= 0.3 is 5.97 Å². The van der Waals surface area contributed by atoms with Gasteiger partial charge in [-0.3, -0.25) is 14.9 Å². The summed E-state index contributed by atoms with van der Waals surface area (Å²) in [7, 11) is 0. The molecule has 1 fully saturated rings. The highest BCUT2D eigenvalue weighted by molar-refractivity contribution is 5.83. The summed E-state index contributed by atoms with van der Waals surface area (Å²) in [5.74, 6) is -0.173. The van der Waals surface area contributed by atoms with Crippen molar-refractivity contribution in [1.29, 1.82) is 0 Å². The van der Waals surface area contributed by atoms with Crippen LogP contribution in [-0.4, -0.2) is 48.6 Å². The lowest BCUT2D eigenvalue weighted by Crippen LogP contribution is -2.50. The molecule has 0 saturated carbocycles. The van der Waals surface area contributed by atoms with E-state index in [1.54, 1.807) is 6.92 Å². The average Bonchev–Trinajstić information content (AvgIpc) is 2.91. The van der Waals surface area contributed by atoms with Crippen LogP contribution >= 0.6 is 0 Å². The molecule has 2 unspecified atom stereocenters. The van der Waals surface area contributed by atoms with Gasteiger partial charge in [0, 0.05) is 13.1 Å². The van der Waals surface area contributed by atoms with E-state index in [-0.39, 0.29) is 24.0 Å². The molecule has 5 nitrogen and oxygen atoms in total. The van der Waals surface area contributed by atoms with Crippen LogP contribution in [0.15, 0.2) is 0 Å². The van der Waals surface area contributed by atoms with E-state index in [0.29, 0.717) is 13.0 Å². The average molecular weight is 270 g/mol. The van der Waals surface area contributed by atoms with E-state index in [9.17, 15) is 9.59 Å². The minimum atomic E-state index is -0.383. The maximum absolute atomic E-state index is 12.2. The lowest BCUT2D eigenvalue weighted by atomic mass is 10.1. The number of amides is 1. The van der Waals surface area contributed by atoms with E-state index < -0.39 is 0 Å². The van der Waals surface area contributed by atoms with Crippen molar-refractivity contribution >= 4 is 11.9 Å². The van der Waals surface area contributed by atoms with Gasteiger partial charge in [0.1, 0.15) is 6.04 Å². The van der Waals surface area contributed by atoms with Crippen LogP contribution in [0.2, 0.25) is 0 Å². The van der Waals surface area contributed by atoms with Gasteiger partial charge in [-0.15, -0.1) is 0 Å². The van der Waals surface area contributed by atoms with Crippen LogP contribution in [0.25, 0.3) is 0 Å². The quantitative estimate of drug-likeness (QED) is 0.709. The molecule has 2 atom stereocenters. The van der Waals surface area contributed by atoms with Gasteiger partial charge in [0.25, 0.3) is 0 Å². The summed E-state index contributed by atoms with van der Waals surface area (Å²) >= 11 is 0. The first-order valence-electron chi connectivity index (χ1n) is 7.31. The second kappa shape index (κ2) is 8.15. The molecule has 1 saturated heterocycles. The molecule has 1 N–H and O–H groups in total. The zero-order valence-corrected chi connectivity index (χ0v) is 12.3. The number of likely N-dealkylation sites (tertiary alicyclic amines) is 1. The number of esters is 1. The predicted molar refractivity (Wildman–Crippen MR) is 73.7 cm³/mol. The summed E-state index contributed by atoms with van der Waals surface area (Å²) in [5.41, 5.74) is 0. The van der Waals surface area contributed by atoms with Crippen molar-refractivity contribution in [1.82, 2.24) is 10.2 Å². The first-order chi connectivity index (χ1) is 9.10. The highest BCUT2D eigenvalue weighted by Gasteiger charge is 2.27. The number of nitrogens with one attached hydrogen (secondary N) is 1. The van der Waals surface area contributed by atoms with E-state index in [1.807, 2.05) is 18.7 Å². The summed E-state index contributed by atoms with van der Waals surface area (Å²) in [6.07, 6.45) is 3.72. The van der Waals surface area contributed by atoms with Crippen molar-refractivity contribution < 1.29 is 14.3 Å². The SMILES string of the molecule is CCCC(NC(C)C(=O)N1CCCC1)C(=O)OCC. The highest BCUT2D eigenvalue weighted by atomic mass is 16.5. The summed E-state index contributed by atoms with van der Waals surface area (Å²) in [5, 5.41) is 3.11. The molecule has 0 spiro atoms. The number of ether oxygens (including phenoxy) is 1. The van der Waals surface area contributed by atoms with Crippen LogP contribution in [-0.2, 0) is 14.3 Å². The van der Waals surface area contributed by atoms with Crippen LogP contribution < -0.4 is 5.32 Å². The number of carbonyl (C=O) groups excluding carboxylic acids is 2. The fourth-order valence-corrected chi connectivity index (χ4v) is 2.39. The van der Waals surface area contributed by atoms with Crippen molar-refractivity contribution in [3.63, 3.8) is 0 Å². The molecular formula is C14H26N2O3. The lowest BCUT2D eigenvalue weighted by Gasteiger charge is -2.25. The van der Waals surface area contributed by atoms with Gasteiger partial charge in [-0.2, -0.15) is 0 Å². The molecule has 0 aromatic heterocycles. The molecular weight excluding hydrogens is 244 g/mol. The van der Waals surface area contributed by atoms with Crippen molar-refractivity contribution in [2.75, 3.05) is 19.7 Å². The summed E-state index contributed by atoms with van der Waals surface area (Å²) in [4.78, 5) is 25.8. The molecule has 0 aliphatic carbocycles. The van der Waals surface area contributed by atoms with E-state index in [1.165, 1.54) is 0 Å². The first kappa shape index (κ1) is 16.0. The largest absolute Gasteiger partial charge is 0.465 e. The van der Waals surface area contributed by atoms with Gasteiger partial charge in [0.15, 0.2) is 0 Å². The molecule has 0 aromatic carbocycles.